The number of nitrogens with zero attached hydrogens (tertiary/aromatic N) is 4. The lowest BCUT2D eigenvalue weighted by Crippen LogP contribution is -2.47. The quantitative estimate of drug-likeness (QED) is 0.623. The second-order valence-electron chi connectivity index (χ2n) is 5.10. The van der Waals surface area contributed by atoms with Gasteiger partial charge in [-0.05, 0) is 34.6 Å². The third kappa shape index (κ3) is 4.73. The lowest BCUT2D eigenvalue weighted by atomic mass is 10.1. The van der Waals surface area contributed by atoms with Crippen LogP contribution in [0.5, 0.6) is 0 Å². The van der Waals surface area contributed by atoms with Crippen molar-refractivity contribution in [2.24, 2.45) is 4.99 Å². The molecule has 0 radical (unpaired) electrons. The maximum absolute atomic E-state index is 4.52. The molecule has 1 heterocycles. The molecule has 18 heavy (non-hydrogen) atoms. The van der Waals surface area contributed by atoms with E-state index in [0.717, 1.165) is 24.9 Å². The average molecular weight is 252 g/mol. The molecule has 0 amide bonds. The first-order valence-electron chi connectivity index (χ1n) is 6.39. The number of aliphatic imine (C=N–C) groups is 1. The van der Waals surface area contributed by atoms with Gasteiger partial charge in [0, 0.05) is 18.6 Å². The molecule has 1 aromatic rings. The van der Waals surface area contributed by atoms with Crippen molar-refractivity contribution in [2.45, 2.75) is 53.2 Å². The van der Waals surface area contributed by atoms with Crippen molar-refractivity contribution in [3.63, 3.8) is 0 Å². The standard InChI is InChI=1S/C12H24N6/c1-6-13-11(16-12(3,4)5)14-8-10-17-15-9-18(10)7-2/h9H,6-8H2,1-5H3,(H2,13,14,16). The Hall–Kier alpha value is -1.59. The molecule has 0 aromatic carbocycles. The summed E-state index contributed by atoms with van der Waals surface area (Å²) in [6.07, 6.45) is 1.73. The molecule has 0 spiro atoms. The molecule has 1 aromatic heterocycles. The van der Waals surface area contributed by atoms with E-state index in [1.165, 1.54) is 0 Å². The Morgan fingerprint density at radius 2 is 2.11 bits per heavy atom. The molecule has 102 valence electrons. The molecule has 0 aliphatic carbocycles. The summed E-state index contributed by atoms with van der Waals surface area (Å²) in [5, 5.41) is 14.5. The van der Waals surface area contributed by atoms with E-state index in [2.05, 4.69) is 60.4 Å². The number of hydrogen-bond donors (Lipinski definition) is 2. The van der Waals surface area contributed by atoms with Gasteiger partial charge in [-0.15, -0.1) is 10.2 Å². The highest BCUT2D eigenvalue weighted by molar-refractivity contribution is 5.80. The molecule has 6 nitrogen and oxygen atoms in total. The van der Waals surface area contributed by atoms with E-state index in [1.807, 2.05) is 4.57 Å². The maximum Gasteiger partial charge on any atom is 0.192 e. The summed E-state index contributed by atoms with van der Waals surface area (Å²) in [7, 11) is 0. The normalized spacial score (nSPS) is 12.6. The highest BCUT2D eigenvalue weighted by Gasteiger charge is 2.12. The fraction of sp³-hybridized carbons (Fsp3) is 0.750. The van der Waals surface area contributed by atoms with Gasteiger partial charge in [0.2, 0.25) is 0 Å². The zero-order chi connectivity index (χ0) is 13.6. The average Bonchev–Trinajstić information content (AvgIpc) is 2.71. The molecule has 0 fully saturated rings. The van der Waals surface area contributed by atoms with Gasteiger partial charge in [0.25, 0.3) is 0 Å². The van der Waals surface area contributed by atoms with Gasteiger partial charge in [0.05, 0.1) is 0 Å². The fourth-order valence-corrected chi connectivity index (χ4v) is 1.48. The van der Waals surface area contributed by atoms with Crippen LogP contribution in [0, 0.1) is 0 Å². The Morgan fingerprint density at radius 1 is 1.39 bits per heavy atom. The Morgan fingerprint density at radius 3 is 2.67 bits per heavy atom. The van der Waals surface area contributed by atoms with Crippen molar-refractivity contribution < 1.29 is 0 Å². The molecule has 0 aliphatic heterocycles. The molecule has 0 saturated heterocycles. The van der Waals surface area contributed by atoms with Crippen LogP contribution >= 0.6 is 0 Å². The van der Waals surface area contributed by atoms with Crippen LogP contribution in [-0.2, 0) is 13.1 Å². The third-order valence-electron chi connectivity index (χ3n) is 2.25. The van der Waals surface area contributed by atoms with Crippen molar-refractivity contribution in [3.8, 4) is 0 Å². The molecule has 6 heteroatoms. The lowest BCUT2D eigenvalue weighted by molar-refractivity contribution is 0.501. The summed E-state index contributed by atoms with van der Waals surface area (Å²) < 4.78 is 1.99. The van der Waals surface area contributed by atoms with E-state index < -0.39 is 0 Å². The molecule has 2 N–H and O–H groups in total. The van der Waals surface area contributed by atoms with Crippen molar-refractivity contribution in [3.05, 3.63) is 12.2 Å². The van der Waals surface area contributed by atoms with Crippen LogP contribution in [0.4, 0.5) is 0 Å². The Bertz CT molecular complexity index is 388. The van der Waals surface area contributed by atoms with E-state index in [1.54, 1.807) is 6.33 Å². The number of hydrogen-bond acceptors (Lipinski definition) is 3. The first-order chi connectivity index (χ1) is 8.46. The van der Waals surface area contributed by atoms with E-state index >= 15 is 0 Å². The summed E-state index contributed by atoms with van der Waals surface area (Å²) in [5.74, 6) is 1.68. The molecule has 0 saturated carbocycles. The van der Waals surface area contributed by atoms with Gasteiger partial charge in [0.1, 0.15) is 12.9 Å². The molecule has 0 unspecified atom stereocenters. The van der Waals surface area contributed by atoms with Gasteiger partial charge >= 0.3 is 0 Å². The Kier molecular flexibility index (Phi) is 5.12. The molecule has 0 bridgehead atoms. The largest absolute Gasteiger partial charge is 0.357 e. The minimum absolute atomic E-state index is 0.0145. The van der Waals surface area contributed by atoms with Gasteiger partial charge in [-0.1, -0.05) is 0 Å². The maximum atomic E-state index is 4.52. The molecular weight excluding hydrogens is 228 g/mol. The van der Waals surface area contributed by atoms with Crippen LogP contribution < -0.4 is 10.6 Å². The number of aryl methyl sites for hydroxylation is 1. The molecular formula is C12H24N6. The van der Waals surface area contributed by atoms with Crippen LogP contribution in [-0.4, -0.2) is 32.8 Å². The second-order valence-corrected chi connectivity index (χ2v) is 5.10. The van der Waals surface area contributed by atoms with Crippen molar-refractivity contribution in [1.82, 2.24) is 25.4 Å². The Balaban J connectivity index is 2.71. The van der Waals surface area contributed by atoms with Crippen molar-refractivity contribution in [2.75, 3.05) is 6.54 Å². The summed E-state index contributed by atoms with van der Waals surface area (Å²) in [4.78, 5) is 4.52. The van der Waals surface area contributed by atoms with E-state index in [9.17, 15) is 0 Å². The topological polar surface area (TPSA) is 67.1 Å². The van der Waals surface area contributed by atoms with E-state index in [0.29, 0.717) is 6.54 Å². The summed E-state index contributed by atoms with van der Waals surface area (Å²) in [6.45, 7) is 12.7. The molecule has 1 rings (SSSR count). The number of aromatic nitrogens is 3. The molecule has 0 atom stereocenters. The number of guanidine groups is 1. The number of rotatable bonds is 4. The third-order valence-corrected chi connectivity index (χ3v) is 2.25. The SMILES string of the molecule is CCNC(=NCc1nncn1CC)NC(C)(C)C. The smallest absolute Gasteiger partial charge is 0.192 e. The summed E-state index contributed by atoms with van der Waals surface area (Å²) in [5.41, 5.74) is -0.0145. The minimum Gasteiger partial charge on any atom is -0.357 e. The minimum atomic E-state index is -0.0145. The van der Waals surface area contributed by atoms with Crippen LogP contribution in [0.25, 0.3) is 0 Å². The first kappa shape index (κ1) is 14.5. The monoisotopic (exact) mass is 252 g/mol. The van der Waals surface area contributed by atoms with Crippen LogP contribution in [0.3, 0.4) is 0 Å². The Labute approximate surface area is 109 Å². The lowest BCUT2D eigenvalue weighted by Gasteiger charge is -2.23. The van der Waals surface area contributed by atoms with Crippen LogP contribution in [0.2, 0.25) is 0 Å². The number of nitrogens with one attached hydrogen (secondary N) is 2. The van der Waals surface area contributed by atoms with Crippen LogP contribution in [0.1, 0.15) is 40.4 Å². The predicted octanol–water partition coefficient (Wildman–Crippen LogP) is 1.15. The van der Waals surface area contributed by atoms with Gasteiger partial charge in [-0.25, -0.2) is 4.99 Å². The van der Waals surface area contributed by atoms with Gasteiger partial charge in [-0.2, -0.15) is 0 Å². The van der Waals surface area contributed by atoms with Gasteiger partial charge in [0.15, 0.2) is 11.8 Å². The van der Waals surface area contributed by atoms with E-state index in [-0.39, 0.29) is 5.54 Å². The predicted molar refractivity (Wildman–Crippen MR) is 73.4 cm³/mol. The van der Waals surface area contributed by atoms with Crippen LogP contribution in [0.15, 0.2) is 11.3 Å². The zero-order valence-corrected chi connectivity index (χ0v) is 12.0. The van der Waals surface area contributed by atoms with Crippen molar-refractivity contribution >= 4 is 5.96 Å². The summed E-state index contributed by atoms with van der Waals surface area (Å²) >= 11 is 0. The highest BCUT2D eigenvalue weighted by atomic mass is 15.3. The van der Waals surface area contributed by atoms with Crippen molar-refractivity contribution in [1.29, 1.82) is 0 Å². The highest BCUT2D eigenvalue weighted by Crippen LogP contribution is 2.00. The second kappa shape index (κ2) is 6.37. The summed E-state index contributed by atoms with van der Waals surface area (Å²) in [6, 6.07) is 0. The zero-order valence-electron chi connectivity index (χ0n) is 12.0. The van der Waals surface area contributed by atoms with Gasteiger partial charge < -0.3 is 15.2 Å². The molecule has 0 aliphatic rings. The van der Waals surface area contributed by atoms with E-state index in [4.69, 9.17) is 0 Å². The van der Waals surface area contributed by atoms with Gasteiger partial charge in [-0.3, -0.25) is 0 Å². The fourth-order valence-electron chi connectivity index (χ4n) is 1.48. The first-order valence-corrected chi connectivity index (χ1v) is 6.39.